The third kappa shape index (κ3) is 3.74. The molecule has 2 heterocycles. The maximum absolute atomic E-state index is 12.7. The molecule has 2 unspecified atom stereocenters. The molecule has 136 valence electrons. The number of nitrogens with zero attached hydrogens (tertiary/aromatic N) is 2. The van der Waals surface area contributed by atoms with Crippen molar-refractivity contribution in [2.24, 2.45) is 0 Å². The lowest BCUT2D eigenvalue weighted by Crippen LogP contribution is -2.37. The second-order valence-corrected chi connectivity index (χ2v) is 6.51. The molecule has 6 nitrogen and oxygen atoms in total. The van der Waals surface area contributed by atoms with Crippen LogP contribution in [0.15, 0.2) is 67.1 Å². The number of carbonyl (C=O) groups excluding carboxylic acids is 1. The number of para-hydroxylation sites is 1. The summed E-state index contributed by atoms with van der Waals surface area (Å²) in [7, 11) is 0. The highest BCUT2D eigenvalue weighted by Crippen LogP contribution is 2.35. The Morgan fingerprint density at radius 1 is 1.19 bits per heavy atom. The van der Waals surface area contributed by atoms with Crippen LogP contribution in [-0.2, 0) is 0 Å². The van der Waals surface area contributed by atoms with Crippen molar-refractivity contribution in [1.29, 1.82) is 0 Å². The molecule has 6 heteroatoms. The molecule has 0 saturated heterocycles. The molecule has 2 N–H and O–H groups in total. The van der Waals surface area contributed by atoms with Crippen molar-refractivity contribution in [2.75, 3.05) is 11.9 Å². The summed E-state index contributed by atoms with van der Waals surface area (Å²) in [6.45, 7) is 2.59. The summed E-state index contributed by atoms with van der Waals surface area (Å²) in [4.78, 5) is 20.9. The van der Waals surface area contributed by atoms with Gasteiger partial charge in [0.15, 0.2) is 0 Å². The van der Waals surface area contributed by atoms with Gasteiger partial charge in [0.1, 0.15) is 11.6 Å². The zero-order chi connectivity index (χ0) is 18.6. The predicted octanol–water partition coefficient (Wildman–Crippen LogP) is 3.51. The zero-order valence-corrected chi connectivity index (χ0v) is 14.9. The first-order chi connectivity index (χ1) is 13.2. The van der Waals surface area contributed by atoms with Crippen molar-refractivity contribution in [3.05, 3.63) is 78.2 Å². The Bertz CT molecular complexity index is 946. The van der Waals surface area contributed by atoms with Crippen LogP contribution in [0.3, 0.4) is 0 Å². The Morgan fingerprint density at radius 2 is 2.07 bits per heavy atom. The van der Waals surface area contributed by atoms with Gasteiger partial charge in [0.25, 0.3) is 5.91 Å². The summed E-state index contributed by atoms with van der Waals surface area (Å²) < 4.78 is 5.73. The van der Waals surface area contributed by atoms with Gasteiger partial charge < -0.3 is 15.4 Å². The Labute approximate surface area is 157 Å². The molecule has 3 aromatic rings. The van der Waals surface area contributed by atoms with E-state index in [2.05, 4.69) is 26.7 Å². The highest BCUT2D eigenvalue weighted by molar-refractivity contribution is 5.95. The van der Waals surface area contributed by atoms with Gasteiger partial charge in [0.05, 0.1) is 12.8 Å². The van der Waals surface area contributed by atoms with E-state index < -0.39 is 0 Å². The zero-order valence-electron chi connectivity index (χ0n) is 14.9. The Balaban J connectivity index is 1.45. The predicted molar refractivity (Wildman–Crippen MR) is 103 cm³/mol. The molecule has 1 aromatic heterocycles. The highest BCUT2D eigenvalue weighted by Gasteiger charge is 2.29. The van der Waals surface area contributed by atoms with E-state index in [4.69, 9.17) is 4.74 Å². The van der Waals surface area contributed by atoms with Gasteiger partial charge in [-0.2, -0.15) is 0 Å². The van der Waals surface area contributed by atoms with Crippen LogP contribution in [0.25, 0.3) is 0 Å². The lowest BCUT2D eigenvalue weighted by molar-refractivity contribution is 0.0932. The molecule has 0 radical (unpaired) electrons. The van der Waals surface area contributed by atoms with Crippen molar-refractivity contribution < 1.29 is 9.53 Å². The normalized spacial score (nSPS) is 16.1. The van der Waals surface area contributed by atoms with E-state index >= 15 is 0 Å². The van der Waals surface area contributed by atoms with Crippen LogP contribution in [-0.4, -0.2) is 28.5 Å². The molecule has 1 aliphatic heterocycles. The first-order valence-electron chi connectivity index (χ1n) is 8.86. The standard InChI is InChI=1S/C21H20N4O2/c1-14(18-13-27-19-8-3-2-7-17(18)19)24-21(26)15-5-4-6-16(11-15)25-20-12-22-9-10-23-20/h2-12,14,18H,13H2,1H3,(H,23,25)(H,24,26). The third-order valence-electron chi connectivity index (χ3n) is 4.66. The lowest BCUT2D eigenvalue weighted by atomic mass is 9.94. The van der Waals surface area contributed by atoms with E-state index in [0.29, 0.717) is 18.0 Å². The van der Waals surface area contributed by atoms with Crippen LogP contribution in [0.2, 0.25) is 0 Å². The number of benzene rings is 2. The van der Waals surface area contributed by atoms with E-state index in [9.17, 15) is 4.79 Å². The number of fused-ring (bicyclic) bond motifs is 1. The number of aromatic nitrogens is 2. The summed E-state index contributed by atoms with van der Waals surface area (Å²) in [5.41, 5.74) is 2.51. The smallest absolute Gasteiger partial charge is 0.251 e. The average molecular weight is 360 g/mol. The fraction of sp³-hybridized carbons (Fsp3) is 0.190. The summed E-state index contributed by atoms with van der Waals surface area (Å²) in [6, 6.07) is 15.3. The fourth-order valence-corrected chi connectivity index (χ4v) is 3.24. The maximum atomic E-state index is 12.7. The van der Waals surface area contributed by atoms with Crippen molar-refractivity contribution in [3.63, 3.8) is 0 Å². The van der Waals surface area contributed by atoms with Crippen LogP contribution in [0.4, 0.5) is 11.5 Å². The van der Waals surface area contributed by atoms with Gasteiger partial charge in [-0.1, -0.05) is 24.3 Å². The highest BCUT2D eigenvalue weighted by atomic mass is 16.5. The average Bonchev–Trinajstić information content (AvgIpc) is 3.13. The molecular weight excluding hydrogens is 340 g/mol. The Morgan fingerprint density at radius 3 is 2.93 bits per heavy atom. The number of anilines is 2. The van der Waals surface area contributed by atoms with Gasteiger partial charge in [-0.05, 0) is 31.2 Å². The van der Waals surface area contributed by atoms with Crippen LogP contribution >= 0.6 is 0 Å². The number of amides is 1. The molecule has 0 aliphatic carbocycles. The summed E-state index contributed by atoms with van der Waals surface area (Å²) in [6.07, 6.45) is 4.86. The van der Waals surface area contributed by atoms with Gasteiger partial charge in [0, 0.05) is 41.2 Å². The summed E-state index contributed by atoms with van der Waals surface area (Å²) in [5.74, 6) is 1.56. The lowest BCUT2D eigenvalue weighted by Gasteiger charge is -2.20. The molecule has 0 bridgehead atoms. The first-order valence-corrected chi connectivity index (χ1v) is 8.86. The van der Waals surface area contributed by atoms with E-state index in [1.165, 1.54) is 0 Å². The minimum atomic E-state index is -0.116. The van der Waals surface area contributed by atoms with Crippen molar-refractivity contribution in [1.82, 2.24) is 15.3 Å². The second-order valence-electron chi connectivity index (χ2n) is 6.51. The third-order valence-corrected chi connectivity index (χ3v) is 4.66. The molecule has 4 rings (SSSR count). The van der Waals surface area contributed by atoms with E-state index in [0.717, 1.165) is 17.0 Å². The number of nitrogens with one attached hydrogen (secondary N) is 2. The first kappa shape index (κ1) is 17.0. The Kier molecular flexibility index (Phi) is 4.70. The molecular formula is C21H20N4O2. The number of ether oxygens (including phenoxy) is 1. The molecule has 1 amide bonds. The topological polar surface area (TPSA) is 76.1 Å². The largest absolute Gasteiger partial charge is 0.493 e. The second kappa shape index (κ2) is 7.45. The maximum Gasteiger partial charge on any atom is 0.251 e. The van der Waals surface area contributed by atoms with E-state index in [1.807, 2.05) is 37.3 Å². The molecule has 0 saturated carbocycles. The van der Waals surface area contributed by atoms with Crippen LogP contribution in [0, 0.1) is 0 Å². The summed E-state index contributed by atoms with van der Waals surface area (Å²) in [5, 5.41) is 6.24. The fourth-order valence-electron chi connectivity index (χ4n) is 3.24. The minimum absolute atomic E-state index is 0.0437. The van der Waals surface area contributed by atoms with Gasteiger partial charge in [0.2, 0.25) is 0 Å². The van der Waals surface area contributed by atoms with Crippen LogP contribution in [0.5, 0.6) is 5.75 Å². The van der Waals surface area contributed by atoms with Gasteiger partial charge >= 0.3 is 0 Å². The van der Waals surface area contributed by atoms with Gasteiger partial charge in [-0.3, -0.25) is 9.78 Å². The van der Waals surface area contributed by atoms with Gasteiger partial charge in [-0.15, -0.1) is 0 Å². The minimum Gasteiger partial charge on any atom is -0.493 e. The number of rotatable bonds is 5. The van der Waals surface area contributed by atoms with Crippen molar-refractivity contribution in [3.8, 4) is 5.75 Å². The van der Waals surface area contributed by atoms with E-state index in [1.54, 1.807) is 30.7 Å². The molecule has 0 fully saturated rings. The number of carbonyl (C=O) groups is 1. The Hall–Kier alpha value is -3.41. The summed E-state index contributed by atoms with van der Waals surface area (Å²) >= 11 is 0. The number of hydrogen-bond acceptors (Lipinski definition) is 5. The van der Waals surface area contributed by atoms with Crippen LogP contribution in [0.1, 0.15) is 28.8 Å². The molecule has 2 aromatic carbocycles. The van der Waals surface area contributed by atoms with Crippen molar-refractivity contribution >= 4 is 17.4 Å². The molecule has 0 spiro atoms. The molecule has 27 heavy (non-hydrogen) atoms. The monoisotopic (exact) mass is 360 g/mol. The quantitative estimate of drug-likeness (QED) is 0.728. The SMILES string of the molecule is CC(NC(=O)c1cccc(Nc2cnccn2)c1)C1COc2ccccc21. The number of hydrogen-bond donors (Lipinski definition) is 2. The van der Waals surface area contributed by atoms with Crippen LogP contribution < -0.4 is 15.4 Å². The van der Waals surface area contributed by atoms with E-state index in [-0.39, 0.29) is 17.9 Å². The molecule has 2 atom stereocenters. The molecule has 1 aliphatic rings. The van der Waals surface area contributed by atoms with Crippen molar-refractivity contribution in [2.45, 2.75) is 18.9 Å². The van der Waals surface area contributed by atoms with Gasteiger partial charge in [-0.25, -0.2) is 4.98 Å².